The van der Waals surface area contributed by atoms with E-state index in [4.69, 9.17) is 4.74 Å². The Balaban J connectivity index is 1.79. The zero-order chi connectivity index (χ0) is 15.9. The second-order valence-electron chi connectivity index (χ2n) is 5.80. The lowest BCUT2D eigenvalue weighted by atomic mass is 9.86. The van der Waals surface area contributed by atoms with Gasteiger partial charge in [-0.2, -0.15) is 0 Å². The van der Waals surface area contributed by atoms with Gasteiger partial charge >= 0.3 is 5.97 Å². The molecule has 5 heteroatoms. The van der Waals surface area contributed by atoms with Gasteiger partial charge in [0, 0.05) is 17.0 Å². The summed E-state index contributed by atoms with van der Waals surface area (Å²) < 4.78 is 5.15. The quantitative estimate of drug-likeness (QED) is 0.668. The third kappa shape index (κ3) is 4.98. The molecular formula is C17H23NO3S. The molecule has 0 saturated heterocycles. The van der Waals surface area contributed by atoms with Gasteiger partial charge in [-0.05, 0) is 43.2 Å². The maximum Gasteiger partial charge on any atom is 0.331 e. The van der Waals surface area contributed by atoms with Gasteiger partial charge in [0.15, 0.2) is 6.10 Å². The minimum atomic E-state index is -0.769. The van der Waals surface area contributed by atoms with E-state index in [1.165, 1.54) is 23.8 Å². The van der Waals surface area contributed by atoms with E-state index in [1.807, 2.05) is 17.5 Å². The van der Waals surface area contributed by atoms with Crippen LogP contribution in [0.3, 0.4) is 0 Å². The van der Waals surface area contributed by atoms with Gasteiger partial charge in [-0.15, -0.1) is 11.3 Å². The van der Waals surface area contributed by atoms with E-state index < -0.39 is 12.1 Å². The van der Waals surface area contributed by atoms with Crippen LogP contribution >= 0.6 is 11.3 Å². The van der Waals surface area contributed by atoms with E-state index in [1.54, 1.807) is 13.0 Å². The van der Waals surface area contributed by atoms with Crippen LogP contribution < -0.4 is 5.32 Å². The van der Waals surface area contributed by atoms with E-state index in [-0.39, 0.29) is 11.9 Å². The molecule has 22 heavy (non-hydrogen) atoms. The van der Waals surface area contributed by atoms with Gasteiger partial charge in [0.2, 0.25) is 0 Å². The molecule has 1 aromatic rings. The maximum atomic E-state index is 12.1. The molecule has 1 aromatic heterocycles. The molecule has 1 N–H and O–H groups in total. The van der Waals surface area contributed by atoms with E-state index in [9.17, 15) is 9.59 Å². The molecule has 120 valence electrons. The van der Waals surface area contributed by atoms with E-state index in [2.05, 4.69) is 12.2 Å². The van der Waals surface area contributed by atoms with Gasteiger partial charge in [-0.3, -0.25) is 4.79 Å². The monoisotopic (exact) mass is 321 g/mol. The van der Waals surface area contributed by atoms with Crippen LogP contribution in [0.5, 0.6) is 0 Å². The lowest BCUT2D eigenvalue weighted by Gasteiger charge is -2.30. The summed E-state index contributed by atoms with van der Waals surface area (Å²) in [5, 5.41) is 4.94. The van der Waals surface area contributed by atoms with Gasteiger partial charge in [0.05, 0.1) is 0 Å². The zero-order valence-corrected chi connectivity index (χ0v) is 13.9. The molecule has 0 spiro atoms. The Morgan fingerprint density at radius 3 is 2.86 bits per heavy atom. The number of esters is 1. The number of carbonyl (C=O) groups excluding carboxylic acids is 2. The average molecular weight is 321 g/mol. The smallest absolute Gasteiger partial charge is 0.331 e. The number of nitrogens with one attached hydrogen (secondary N) is 1. The topological polar surface area (TPSA) is 55.4 Å². The van der Waals surface area contributed by atoms with Crippen molar-refractivity contribution in [1.82, 2.24) is 5.32 Å². The van der Waals surface area contributed by atoms with Crippen LogP contribution in [0.15, 0.2) is 23.6 Å². The minimum Gasteiger partial charge on any atom is -0.449 e. The minimum absolute atomic E-state index is 0.198. The first-order valence-electron chi connectivity index (χ1n) is 7.79. The molecule has 1 aliphatic carbocycles. The Labute approximate surface area is 135 Å². The van der Waals surface area contributed by atoms with Crippen molar-refractivity contribution in [2.75, 3.05) is 0 Å². The van der Waals surface area contributed by atoms with Crippen molar-refractivity contribution in [3.63, 3.8) is 0 Å². The Morgan fingerprint density at radius 2 is 2.18 bits per heavy atom. The van der Waals surface area contributed by atoms with E-state index >= 15 is 0 Å². The third-order valence-corrected chi connectivity index (χ3v) is 4.87. The highest BCUT2D eigenvalue weighted by molar-refractivity contribution is 7.10. The van der Waals surface area contributed by atoms with Crippen LogP contribution in [0, 0.1) is 5.92 Å². The predicted molar refractivity (Wildman–Crippen MR) is 88.5 cm³/mol. The molecule has 1 fully saturated rings. The Morgan fingerprint density at radius 1 is 1.41 bits per heavy atom. The average Bonchev–Trinajstić information content (AvgIpc) is 3.00. The molecule has 4 nitrogen and oxygen atoms in total. The van der Waals surface area contributed by atoms with Gasteiger partial charge in [-0.1, -0.05) is 25.8 Å². The summed E-state index contributed by atoms with van der Waals surface area (Å²) in [7, 11) is 0. The molecule has 2 rings (SSSR count). The molecular weight excluding hydrogens is 298 g/mol. The van der Waals surface area contributed by atoms with E-state index in [0.29, 0.717) is 5.92 Å². The molecule has 3 atom stereocenters. The van der Waals surface area contributed by atoms with Crippen molar-refractivity contribution in [1.29, 1.82) is 0 Å². The molecule has 0 unspecified atom stereocenters. The molecule has 0 aliphatic heterocycles. The standard InChI is InChI=1S/C17H23NO3S/c1-12-6-3-4-8-15(12)18-17(20)13(2)21-16(19)10-9-14-7-5-11-22-14/h5,7,9-13,15H,3-4,6,8H2,1-2H3,(H,18,20)/b10-9+/t12-,13-,15-/m0/s1. The summed E-state index contributed by atoms with van der Waals surface area (Å²) in [6.45, 7) is 3.77. The number of carbonyl (C=O) groups is 2. The zero-order valence-electron chi connectivity index (χ0n) is 13.1. The summed E-state index contributed by atoms with van der Waals surface area (Å²) in [6, 6.07) is 4.02. The molecule has 0 radical (unpaired) electrons. The van der Waals surface area contributed by atoms with Gasteiger partial charge in [0.1, 0.15) is 0 Å². The fraction of sp³-hybridized carbons (Fsp3) is 0.529. The fourth-order valence-electron chi connectivity index (χ4n) is 2.63. The highest BCUT2D eigenvalue weighted by Gasteiger charge is 2.25. The van der Waals surface area contributed by atoms with Crippen molar-refractivity contribution in [2.45, 2.75) is 51.7 Å². The second kappa shape index (κ2) is 8.13. The van der Waals surface area contributed by atoms with Crippen molar-refractivity contribution in [3.8, 4) is 0 Å². The maximum absolute atomic E-state index is 12.1. The number of hydrogen-bond acceptors (Lipinski definition) is 4. The number of rotatable bonds is 5. The van der Waals surface area contributed by atoms with E-state index in [0.717, 1.165) is 24.1 Å². The molecule has 0 aromatic carbocycles. The first-order valence-corrected chi connectivity index (χ1v) is 8.67. The van der Waals surface area contributed by atoms with Gasteiger partial charge in [-0.25, -0.2) is 4.79 Å². The van der Waals surface area contributed by atoms with Crippen molar-refractivity contribution in [2.24, 2.45) is 5.92 Å². The summed E-state index contributed by atoms with van der Waals surface area (Å²) in [4.78, 5) is 24.8. The third-order valence-electron chi connectivity index (χ3n) is 4.03. The number of thiophene rings is 1. The largest absolute Gasteiger partial charge is 0.449 e. The molecule has 1 aliphatic rings. The lowest BCUT2D eigenvalue weighted by Crippen LogP contribution is -2.45. The Bertz CT molecular complexity index is 524. The molecule has 0 bridgehead atoms. The normalized spacial score (nSPS) is 23.2. The summed E-state index contributed by atoms with van der Waals surface area (Å²) >= 11 is 1.54. The van der Waals surface area contributed by atoms with Crippen LogP contribution in [0.2, 0.25) is 0 Å². The Hall–Kier alpha value is -1.62. The van der Waals surface area contributed by atoms with Crippen LogP contribution in [0.1, 0.15) is 44.4 Å². The van der Waals surface area contributed by atoms with Crippen LogP contribution in [-0.2, 0) is 14.3 Å². The van der Waals surface area contributed by atoms with Crippen LogP contribution in [0.25, 0.3) is 6.08 Å². The van der Waals surface area contributed by atoms with Crippen molar-refractivity contribution in [3.05, 3.63) is 28.5 Å². The molecule has 1 saturated carbocycles. The summed E-state index contributed by atoms with van der Waals surface area (Å²) in [6.07, 6.45) is 6.81. The highest BCUT2D eigenvalue weighted by atomic mass is 32.1. The first-order chi connectivity index (χ1) is 10.6. The fourth-order valence-corrected chi connectivity index (χ4v) is 3.25. The SMILES string of the molecule is C[C@H](OC(=O)/C=C/c1cccs1)C(=O)N[C@H]1CCCC[C@@H]1C. The number of ether oxygens (including phenoxy) is 1. The number of amides is 1. The summed E-state index contributed by atoms with van der Waals surface area (Å²) in [5.74, 6) is -0.219. The van der Waals surface area contributed by atoms with Gasteiger partial charge < -0.3 is 10.1 Å². The van der Waals surface area contributed by atoms with Crippen LogP contribution in [0.4, 0.5) is 0 Å². The first kappa shape index (κ1) is 16.7. The highest BCUT2D eigenvalue weighted by Crippen LogP contribution is 2.23. The second-order valence-corrected chi connectivity index (χ2v) is 6.78. The Kier molecular flexibility index (Phi) is 6.19. The predicted octanol–water partition coefficient (Wildman–Crippen LogP) is 3.39. The van der Waals surface area contributed by atoms with Gasteiger partial charge in [0.25, 0.3) is 5.91 Å². The van der Waals surface area contributed by atoms with Crippen molar-refractivity contribution >= 4 is 29.3 Å². The van der Waals surface area contributed by atoms with Crippen molar-refractivity contribution < 1.29 is 14.3 Å². The summed E-state index contributed by atoms with van der Waals surface area (Å²) in [5.41, 5.74) is 0. The number of hydrogen-bond donors (Lipinski definition) is 1. The molecule has 1 amide bonds. The molecule has 1 heterocycles. The lowest BCUT2D eigenvalue weighted by molar-refractivity contribution is -0.150. The van der Waals surface area contributed by atoms with Crippen LogP contribution in [-0.4, -0.2) is 24.0 Å².